The van der Waals surface area contributed by atoms with Crippen LogP contribution in [0.2, 0.25) is 10.0 Å². The van der Waals surface area contributed by atoms with Crippen LogP contribution in [0.4, 0.5) is 0 Å². The number of hydrogen-bond acceptors (Lipinski definition) is 3. The van der Waals surface area contributed by atoms with E-state index in [1.165, 1.54) is 0 Å². The number of nitrogens with zero attached hydrogens (tertiary/aromatic N) is 1. The van der Waals surface area contributed by atoms with Gasteiger partial charge in [-0.2, -0.15) is 0 Å². The van der Waals surface area contributed by atoms with Gasteiger partial charge >= 0.3 is 0 Å². The lowest BCUT2D eigenvalue weighted by atomic mass is 10.1. The molecule has 2 aromatic carbocycles. The number of hydrogen-bond donors (Lipinski definition) is 1. The van der Waals surface area contributed by atoms with E-state index in [2.05, 4.69) is 5.32 Å². The normalized spacial score (nSPS) is 11.9. The van der Waals surface area contributed by atoms with Crippen LogP contribution in [0.5, 0.6) is 0 Å². The topological polar surface area (TPSA) is 49.4 Å². The van der Waals surface area contributed by atoms with Gasteiger partial charge in [0, 0.05) is 29.7 Å². The molecule has 0 heterocycles. The van der Waals surface area contributed by atoms with Crippen LogP contribution in [-0.4, -0.2) is 34.6 Å². The van der Waals surface area contributed by atoms with Gasteiger partial charge in [0.15, 0.2) is 0 Å². The maximum atomic E-state index is 13.0. The molecule has 0 aliphatic rings. The van der Waals surface area contributed by atoms with E-state index in [-0.39, 0.29) is 17.9 Å². The number of rotatable bonds is 9. The summed E-state index contributed by atoms with van der Waals surface area (Å²) in [6.07, 6.45) is 0.334. The third-order valence-corrected chi connectivity index (χ3v) is 6.02. The van der Waals surface area contributed by atoms with E-state index in [0.29, 0.717) is 28.8 Å². The molecule has 2 amide bonds. The molecular formula is C22H26Cl2N2O2S. The highest BCUT2D eigenvalue weighted by molar-refractivity contribution is 7.99. The summed E-state index contributed by atoms with van der Waals surface area (Å²) in [6.45, 7) is 5.83. The zero-order valence-electron chi connectivity index (χ0n) is 16.8. The average molecular weight is 453 g/mol. The number of carbonyl (C=O) groups excluding carboxylic acids is 2. The average Bonchev–Trinajstić information content (AvgIpc) is 2.68. The third kappa shape index (κ3) is 7.57. The van der Waals surface area contributed by atoms with E-state index in [0.717, 1.165) is 10.5 Å². The molecule has 0 fully saturated rings. The number of carbonyl (C=O) groups is 2. The summed E-state index contributed by atoms with van der Waals surface area (Å²) < 4.78 is 0. The molecule has 2 aromatic rings. The fourth-order valence-corrected chi connectivity index (χ4v) is 3.92. The van der Waals surface area contributed by atoms with Crippen LogP contribution in [0.1, 0.15) is 32.8 Å². The summed E-state index contributed by atoms with van der Waals surface area (Å²) in [5.41, 5.74) is 0.827. The number of benzene rings is 2. The van der Waals surface area contributed by atoms with Gasteiger partial charge in [-0.25, -0.2) is 0 Å². The molecule has 7 heteroatoms. The van der Waals surface area contributed by atoms with Gasteiger partial charge in [0.25, 0.3) is 0 Å². The number of halogens is 2. The van der Waals surface area contributed by atoms with Crippen LogP contribution in [0, 0.1) is 0 Å². The summed E-state index contributed by atoms with van der Waals surface area (Å²) in [5, 5.41) is 3.76. The Labute approximate surface area is 187 Å². The monoisotopic (exact) mass is 452 g/mol. The van der Waals surface area contributed by atoms with Crippen molar-refractivity contribution in [3.05, 3.63) is 64.1 Å². The van der Waals surface area contributed by atoms with Crippen LogP contribution < -0.4 is 5.32 Å². The fraction of sp³-hybridized carbons (Fsp3) is 0.364. The van der Waals surface area contributed by atoms with Crippen LogP contribution in [0.25, 0.3) is 0 Å². The molecule has 0 unspecified atom stereocenters. The molecule has 0 saturated carbocycles. The molecular weight excluding hydrogens is 427 g/mol. The van der Waals surface area contributed by atoms with Crippen molar-refractivity contribution in [2.24, 2.45) is 0 Å². The van der Waals surface area contributed by atoms with E-state index < -0.39 is 6.04 Å². The predicted molar refractivity (Wildman–Crippen MR) is 122 cm³/mol. The van der Waals surface area contributed by atoms with Gasteiger partial charge in [0.05, 0.1) is 10.0 Å². The summed E-state index contributed by atoms with van der Waals surface area (Å²) in [7, 11) is 0. The zero-order valence-corrected chi connectivity index (χ0v) is 19.2. The Kier molecular flexibility index (Phi) is 9.34. The molecule has 29 heavy (non-hydrogen) atoms. The molecule has 4 nitrogen and oxygen atoms in total. The predicted octanol–water partition coefficient (Wildman–Crippen LogP) is 5.42. The molecule has 0 radical (unpaired) electrons. The molecule has 2 rings (SSSR count). The van der Waals surface area contributed by atoms with Crippen LogP contribution in [-0.2, 0) is 16.1 Å². The van der Waals surface area contributed by atoms with Gasteiger partial charge < -0.3 is 10.2 Å². The van der Waals surface area contributed by atoms with Crippen molar-refractivity contribution < 1.29 is 9.59 Å². The Morgan fingerprint density at radius 3 is 2.34 bits per heavy atom. The minimum Gasteiger partial charge on any atom is -0.352 e. The smallest absolute Gasteiger partial charge is 0.242 e. The molecule has 156 valence electrons. The van der Waals surface area contributed by atoms with Gasteiger partial charge in [0.1, 0.15) is 6.04 Å². The van der Waals surface area contributed by atoms with Gasteiger partial charge in [-0.1, -0.05) is 47.5 Å². The van der Waals surface area contributed by atoms with Gasteiger partial charge in [-0.15, -0.1) is 11.8 Å². The van der Waals surface area contributed by atoms with Crippen molar-refractivity contribution in [1.29, 1.82) is 0 Å². The van der Waals surface area contributed by atoms with Crippen LogP contribution >= 0.6 is 35.0 Å². The summed E-state index contributed by atoms with van der Waals surface area (Å²) in [5.74, 6) is 0.384. The number of thioether (sulfide) groups is 1. The van der Waals surface area contributed by atoms with Crippen molar-refractivity contribution >= 4 is 46.8 Å². The summed E-state index contributed by atoms with van der Waals surface area (Å²) in [6, 6.07) is 14.6. The first-order valence-electron chi connectivity index (χ1n) is 9.49. The maximum Gasteiger partial charge on any atom is 0.242 e. The standard InChI is InChI=1S/C22H26Cl2N2O2S/c1-15(2)25-22(28)16(3)26(14-17-9-10-19(23)20(24)13-17)21(27)11-12-29-18-7-5-4-6-8-18/h4-10,13,15-16H,11-12,14H2,1-3H3,(H,25,28)/t16-/m0/s1. The minimum atomic E-state index is -0.596. The molecule has 1 N–H and O–H groups in total. The largest absolute Gasteiger partial charge is 0.352 e. The van der Waals surface area contributed by atoms with Crippen LogP contribution in [0.3, 0.4) is 0 Å². The molecule has 0 aliphatic heterocycles. The molecule has 0 saturated heterocycles. The molecule has 1 atom stereocenters. The highest BCUT2D eigenvalue weighted by Crippen LogP contribution is 2.24. The lowest BCUT2D eigenvalue weighted by Crippen LogP contribution is -2.49. The Balaban J connectivity index is 2.10. The van der Waals surface area contributed by atoms with Crippen molar-refractivity contribution in [3.8, 4) is 0 Å². The Morgan fingerprint density at radius 2 is 1.72 bits per heavy atom. The van der Waals surface area contributed by atoms with Gasteiger partial charge in [0.2, 0.25) is 11.8 Å². The molecule has 0 aliphatic carbocycles. The Hall–Kier alpha value is -1.69. The summed E-state index contributed by atoms with van der Waals surface area (Å²) >= 11 is 13.7. The van der Waals surface area contributed by atoms with E-state index in [1.807, 2.05) is 50.2 Å². The maximum absolute atomic E-state index is 13.0. The van der Waals surface area contributed by atoms with Crippen molar-refractivity contribution in [1.82, 2.24) is 10.2 Å². The lowest BCUT2D eigenvalue weighted by Gasteiger charge is -2.29. The highest BCUT2D eigenvalue weighted by atomic mass is 35.5. The zero-order chi connectivity index (χ0) is 21.4. The number of amides is 2. The third-order valence-electron chi connectivity index (χ3n) is 4.26. The second-order valence-corrected chi connectivity index (χ2v) is 9.00. The second kappa shape index (κ2) is 11.5. The minimum absolute atomic E-state index is 0.000476. The van der Waals surface area contributed by atoms with E-state index in [4.69, 9.17) is 23.2 Å². The first-order chi connectivity index (χ1) is 13.8. The molecule has 0 bridgehead atoms. The first-order valence-corrected chi connectivity index (χ1v) is 11.2. The van der Waals surface area contributed by atoms with Gasteiger partial charge in [-0.3, -0.25) is 9.59 Å². The SMILES string of the molecule is CC(C)NC(=O)[C@H](C)N(Cc1ccc(Cl)c(Cl)c1)C(=O)CCSc1ccccc1. The number of nitrogens with one attached hydrogen (secondary N) is 1. The fourth-order valence-electron chi connectivity index (χ4n) is 2.74. The molecule has 0 spiro atoms. The van der Waals surface area contributed by atoms with E-state index >= 15 is 0 Å². The quantitative estimate of drug-likeness (QED) is 0.516. The van der Waals surface area contributed by atoms with E-state index in [1.54, 1.807) is 35.7 Å². The second-order valence-electron chi connectivity index (χ2n) is 7.02. The van der Waals surface area contributed by atoms with Gasteiger partial charge in [-0.05, 0) is 50.6 Å². The highest BCUT2D eigenvalue weighted by Gasteiger charge is 2.26. The Morgan fingerprint density at radius 1 is 1.03 bits per heavy atom. The Bertz CT molecular complexity index is 831. The van der Waals surface area contributed by atoms with Crippen molar-refractivity contribution in [3.63, 3.8) is 0 Å². The van der Waals surface area contributed by atoms with Crippen molar-refractivity contribution in [2.75, 3.05) is 5.75 Å². The molecule has 0 aromatic heterocycles. The van der Waals surface area contributed by atoms with Crippen molar-refractivity contribution in [2.45, 2.75) is 50.7 Å². The van der Waals surface area contributed by atoms with Crippen LogP contribution in [0.15, 0.2) is 53.4 Å². The summed E-state index contributed by atoms with van der Waals surface area (Å²) in [4.78, 5) is 28.3. The lowest BCUT2D eigenvalue weighted by molar-refractivity contribution is -0.140. The first kappa shape index (κ1) is 23.6. The van der Waals surface area contributed by atoms with E-state index in [9.17, 15) is 9.59 Å².